The summed E-state index contributed by atoms with van der Waals surface area (Å²) in [7, 11) is -3.60. The van der Waals surface area contributed by atoms with E-state index < -0.39 is 10.0 Å². The van der Waals surface area contributed by atoms with Crippen molar-refractivity contribution >= 4 is 21.6 Å². The summed E-state index contributed by atoms with van der Waals surface area (Å²) in [4.78, 5) is 14.9. The van der Waals surface area contributed by atoms with Gasteiger partial charge in [-0.05, 0) is 49.1 Å². The summed E-state index contributed by atoms with van der Waals surface area (Å²) in [6.07, 6.45) is 3.55. The lowest BCUT2D eigenvalue weighted by Crippen LogP contribution is -2.35. The third-order valence-electron chi connectivity index (χ3n) is 4.57. The van der Waals surface area contributed by atoms with E-state index in [2.05, 4.69) is 4.72 Å². The molecule has 2 aromatic carbocycles. The molecule has 1 aliphatic heterocycles. The van der Waals surface area contributed by atoms with Crippen LogP contribution in [-0.2, 0) is 16.4 Å². The Balaban J connectivity index is 1.86. The molecule has 3 rings (SSSR count). The lowest BCUT2D eigenvalue weighted by molar-refractivity contribution is 0.0985. The van der Waals surface area contributed by atoms with Crippen molar-refractivity contribution in [2.45, 2.75) is 37.5 Å². The van der Waals surface area contributed by atoms with Crippen LogP contribution in [0.4, 0.5) is 5.69 Å². The van der Waals surface area contributed by atoms with Gasteiger partial charge >= 0.3 is 0 Å². The maximum atomic E-state index is 13.0. The number of para-hydroxylation sites is 1. The first-order valence-corrected chi connectivity index (χ1v) is 10.5. The fraction of sp³-hybridized carbons (Fsp3) is 0.350. The van der Waals surface area contributed by atoms with Crippen molar-refractivity contribution in [1.82, 2.24) is 4.72 Å². The molecular weight excluding hydrogens is 348 g/mol. The molecule has 1 N–H and O–H groups in total. The molecule has 0 aromatic heterocycles. The summed E-state index contributed by atoms with van der Waals surface area (Å²) in [6.45, 7) is 3.04. The van der Waals surface area contributed by atoms with Crippen molar-refractivity contribution in [3.05, 3.63) is 59.7 Å². The Morgan fingerprint density at radius 2 is 1.96 bits per heavy atom. The van der Waals surface area contributed by atoms with E-state index in [1.54, 1.807) is 17.0 Å². The van der Waals surface area contributed by atoms with Gasteiger partial charge in [-0.2, -0.15) is 0 Å². The second-order valence-corrected chi connectivity index (χ2v) is 8.24. The van der Waals surface area contributed by atoms with Gasteiger partial charge in [-0.15, -0.1) is 0 Å². The highest BCUT2D eigenvalue weighted by molar-refractivity contribution is 7.89. The largest absolute Gasteiger partial charge is 0.308 e. The molecule has 26 heavy (non-hydrogen) atoms. The molecule has 0 bridgehead atoms. The van der Waals surface area contributed by atoms with E-state index in [0.717, 1.165) is 36.9 Å². The van der Waals surface area contributed by atoms with E-state index >= 15 is 0 Å². The maximum Gasteiger partial charge on any atom is 0.258 e. The van der Waals surface area contributed by atoms with Crippen LogP contribution < -0.4 is 9.62 Å². The molecule has 5 nitrogen and oxygen atoms in total. The van der Waals surface area contributed by atoms with Crippen LogP contribution >= 0.6 is 0 Å². The van der Waals surface area contributed by atoms with Crippen LogP contribution in [0.5, 0.6) is 0 Å². The van der Waals surface area contributed by atoms with Crippen molar-refractivity contribution in [1.29, 1.82) is 0 Å². The summed E-state index contributed by atoms with van der Waals surface area (Å²) < 4.78 is 27.4. The average Bonchev–Trinajstić information content (AvgIpc) is 2.67. The minimum atomic E-state index is -3.60. The van der Waals surface area contributed by atoms with Gasteiger partial charge in [0.15, 0.2) is 0 Å². The summed E-state index contributed by atoms with van der Waals surface area (Å²) in [5, 5.41) is 0. The van der Waals surface area contributed by atoms with E-state index in [-0.39, 0.29) is 10.8 Å². The van der Waals surface area contributed by atoms with Crippen molar-refractivity contribution in [2.75, 3.05) is 18.0 Å². The molecule has 0 atom stereocenters. The summed E-state index contributed by atoms with van der Waals surface area (Å²) in [5.74, 6) is -0.164. The molecular formula is C20H24N2O3S. The van der Waals surface area contributed by atoms with Gasteiger partial charge in [0.2, 0.25) is 10.0 Å². The topological polar surface area (TPSA) is 66.5 Å². The van der Waals surface area contributed by atoms with E-state index in [0.29, 0.717) is 18.7 Å². The number of hydrogen-bond acceptors (Lipinski definition) is 3. The monoisotopic (exact) mass is 372 g/mol. The molecule has 1 aliphatic rings. The number of fused-ring (bicyclic) bond motifs is 1. The molecule has 138 valence electrons. The Morgan fingerprint density at radius 1 is 1.15 bits per heavy atom. The molecule has 0 unspecified atom stereocenters. The SMILES string of the molecule is CCCCNS(=O)(=O)c1cccc(C(=O)N2CCCc3ccccc32)c1. The van der Waals surface area contributed by atoms with E-state index in [9.17, 15) is 13.2 Å². The minimum Gasteiger partial charge on any atom is -0.308 e. The molecule has 0 fully saturated rings. The smallest absolute Gasteiger partial charge is 0.258 e. The average molecular weight is 372 g/mol. The predicted octanol–water partition coefficient (Wildman–Crippen LogP) is 3.36. The summed E-state index contributed by atoms with van der Waals surface area (Å²) in [6, 6.07) is 14.2. The van der Waals surface area contributed by atoms with Crippen molar-refractivity contribution in [3.63, 3.8) is 0 Å². The van der Waals surface area contributed by atoms with Gasteiger partial charge in [0, 0.05) is 24.3 Å². The van der Waals surface area contributed by atoms with Crippen LogP contribution in [0.25, 0.3) is 0 Å². The Labute approximate surface area is 155 Å². The number of benzene rings is 2. The lowest BCUT2D eigenvalue weighted by atomic mass is 10.0. The third-order valence-corrected chi connectivity index (χ3v) is 6.03. The van der Waals surface area contributed by atoms with Gasteiger partial charge in [-0.3, -0.25) is 4.79 Å². The molecule has 1 heterocycles. The number of anilines is 1. The number of carbonyl (C=O) groups is 1. The molecule has 0 saturated carbocycles. The number of rotatable bonds is 6. The zero-order valence-corrected chi connectivity index (χ0v) is 15.8. The van der Waals surface area contributed by atoms with E-state index in [1.807, 2.05) is 31.2 Å². The maximum absolute atomic E-state index is 13.0. The van der Waals surface area contributed by atoms with Gasteiger partial charge in [-0.25, -0.2) is 13.1 Å². The van der Waals surface area contributed by atoms with Gasteiger partial charge in [0.1, 0.15) is 0 Å². The normalized spacial score (nSPS) is 14.1. The van der Waals surface area contributed by atoms with E-state index in [4.69, 9.17) is 0 Å². The first-order chi connectivity index (χ1) is 12.5. The zero-order valence-electron chi connectivity index (χ0n) is 14.9. The summed E-state index contributed by atoms with van der Waals surface area (Å²) >= 11 is 0. The van der Waals surface area contributed by atoms with Crippen molar-refractivity contribution < 1.29 is 13.2 Å². The molecule has 2 aromatic rings. The van der Waals surface area contributed by atoms with Crippen molar-refractivity contribution in [2.24, 2.45) is 0 Å². The van der Waals surface area contributed by atoms with Gasteiger partial charge in [0.25, 0.3) is 5.91 Å². The zero-order chi connectivity index (χ0) is 18.6. The van der Waals surface area contributed by atoms with Crippen LogP contribution in [0.15, 0.2) is 53.4 Å². The van der Waals surface area contributed by atoms with Gasteiger partial charge in [0.05, 0.1) is 4.90 Å². The van der Waals surface area contributed by atoms with Crippen LogP contribution in [-0.4, -0.2) is 27.4 Å². The first-order valence-electron chi connectivity index (χ1n) is 9.02. The van der Waals surface area contributed by atoms with Gasteiger partial charge < -0.3 is 4.90 Å². The van der Waals surface area contributed by atoms with E-state index in [1.165, 1.54) is 12.1 Å². The highest BCUT2D eigenvalue weighted by Gasteiger charge is 2.24. The van der Waals surface area contributed by atoms with Crippen LogP contribution in [0, 0.1) is 0 Å². The Kier molecular flexibility index (Phi) is 5.74. The second kappa shape index (κ2) is 8.01. The first kappa shape index (κ1) is 18.6. The highest BCUT2D eigenvalue weighted by atomic mass is 32.2. The molecule has 0 spiro atoms. The van der Waals surface area contributed by atoms with Crippen molar-refractivity contribution in [3.8, 4) is 0 Å². The number of unbranched alkanes of at least 4 members (excludes halogenated alkanes) is 1. The number of nitrogens with one attached hydrogen (secondary N) is 1. The summed E-state index contributed by atoms with van der Waals surface area (Å²) in [5.41, 5.74) is 2.45. The fourth-order valence-electron chi connectivity index (χ4n) is 3.16. The van der Waals surface area contributed by atoms with Crippen LogP contribution in [0.3, 0.4) is 0 Å². The molecule has 1 amide bonds. The van der Waals surface area contributed by atoms with Crippen LogP contribution in [0.1, 0.15) is 42.1 Å². The molecule has 0 radical (unpaired) electrons. The Morgan fingerprint density at radius 3 is 2.77 bits per heavy atom. The number of amides is 1. The lowest BCUT2D eigenvalue weighted by Gasteiger charge is -2.29. The quantitative estimate of drug-likeness (QED) is 0.791. The molecule has 0 aliphatic carbocycles. The number of nitrogens with zero attached hydrogens (tertiary/aromatic N) is 1. The number of aryl methyl sites for hydroxylation is 1. The minimum absolute atomic E-state index is 0.129. The molecule has 6 heteroatoms. The number of carbonyl (C=O) groups excluding carboxylic acids is 1. The van der Waals surface area contributed by atoms with Gasteiger partial charge in [-0.1, -0.05) is 37.6 Å². The number of hydrogen-bond donors (Lipinski definition) is 1. The molecule has 0 saturated heterocycles. The highest BCUT2D eigenvalue weighted by Crippen LogP contribution is 2.28. The third kappa shape index (κ3) is 3.97. The predicted molar refractivity (Wildman–Crippen MR) is 103 cm³/mol. The Bertz CT molecular complexity index is 893. The van der Waals surface area contributed by atoms with Crippen LogP contribution in [0.2, 0.25) is 0 Å². The fourth-order valence-corrected chi connectivity index (χ4v) is 4.28. The number of sulfonamides is 1. The second-order valence-electron chi connectivity index (χ2n) is 6.47. The standard InChI is InChI=1S/C20H24N2O3S/c1-2-3-13-21-26(24,25)18-11-6-9-17(15-18)20(23)22-14-7-10-16-8-4-5-12-19(16)22/h4-6,8-9,11-12,15,21H,2-3,7,10,13-14H2,1H3. The Hall–Kier alpha value is -2.18.